The molecule has 0 aromatic carbocycles. The lowest BCUT2D eigenvalue weighted by atomic mass is 9.93. The van der Waals surface area contributed by atoms with Crippen molar-refractivity contribution in [2.24, 2.45) is 11.1 Å². The van der Waals surface area contributed by atoms with Crippen molar-refractivity contribution >= 4 is 5.91 Å². The molecule has 94 valence electrons. The molecular formula is C13H26N2O. The van der Waals surface area contributed by atoms with Gasteiger partial charge >= 0.3 is 0 Å². The van der Waals surface area contributed by atoms with Crippen LogP contribution in [0.5, 0.6) is 0 Å². The van der Waals surface area contributed by atoms with E-state index in [0.29, 0.717) is 11.3 Å². The molecule has 0 bridgehead atoms. The van der Waals surface area contributed by atoms with Gasteiger partial charge in [-0.15, -0.1) is 0 Å². The molecule has 1 fully saturated rings. The van der Waals surface area contributed by atoms with Gasteiger partial charge in [0, 0.05) is 19.5 Å². The van der Waals surface area contributed by atoms with Crippen molar-refractivity contribution in [3.63, 3.8) is 0 Å². The Balaban J connectivity index is 2.12. The van der Waals surface area contributed by atoms with E-state index in [-0.39, 0.29) is 0 Å². The van der Waals surface area contributed by atoms with Crippen molar-refractivity contribution in [3.8, 4) is 0 Å². The molecule has 2 N–H and O–H groups in total. The summed E-state index contributed by atoms with van der Waals surface area (Å²) in [6.45, 7) is 7.14. The number of hydrogen-bond acceptors (Lipinski definition) is 2. The molecule has 0 unspecified atom stereocenters. The average molecular weight is 226 g/mol. The first-order chi connectivity index (χ1) is 7.55. The molecule has 0 aromatic heterocycles. The fraction of sp³-hybridized carbons (Fsp3) is 0.923. The topological polar surface area (TPSA) is 46.3 Å². The van der Waals surface area contributed by atoms with Crippen LogP contribution in [0.4, 0.5) is 0 Å². The van der Waals surface area contributed by atoms with Gasteiger partial charge in [-0.2, -0.15) is 0 Å². The zero-order valence-electron chi connectivity index (χ0n) is 10.8. The molecule has 3 nitrogen and oxygen atoms in total. The largest absolute Gasteiger partial charge is 0.342 e. The predicted octanol–water partition coefficient (Wildman–Crippen LogP) is 2.15. The van der Waals surface area contributed by atoms with Crippen LogP contribution in [-0.2, 0) is 4.79 Å². The number of carbonyl (C=O) groups is 1. The predicted molar refractivity (Wildman–Crippen MR) is 67.1 cm³/mol. The molecule has 0 saturated carbocycles. The summed E-state index contributed by atoms with van der Waals surface area (Å²) in [5.41, 5.74) is 5.75. The first-order valence-electron chi connectivity index (χ1n) is 6.53. The van der Waals surface area contributed by atoms with E-state index >= 15 is 0 Å². The Labute approximate surface area is 99.4 Å². The van der Waals surface area contributed by atoms with E-state index < -0.39 is 0 Å². The summed E-state index contributed by atoms with van der Waals surface area (Å²) >= 11 is 0. The summed E-state index contributed by atoms with van der Waals surface area (Å²) in [7, 11) is 0. The Morgan fingerprint density at radius 1 is 1.25 bits per heavy atom. The molecule has 0 radical (unpaired) electrons. The number of rotatable bonds is 6. The van der Waals surface area contributed by atoms with E-state index in [2.05, 4.69) is 13.8 Å². The molecule has 1 aliphatic rings. The Kier molecular flexibility index (Phi) is 5.26. The SMILES string of the molecule is CC1(C)CCN(C(=O)CCCCCCN)C1. The van der Waals surface area contributed by atoms with Gasteiger partial charge in [-0.05, 0) is 31.2 Å². The molecule has 3 heteroatoms. The van der Waals surface area contributed by atoms with Crippen LogP contribution >= 0.6 is 0 Å². The lowest BCUT2D eigenvalue weighted by Gasteiger charge is -2.19. The minimum Gasteiger partial charge on any atom is -0.342 e. The maximum Gasteiger partial charge on any atom is 0.222 e. The van der Waals surface area contributed by atoms with Gasteiger partial charge in [0.2, 0.25) is 5.91 Å². The van der Waals surface area contributed by atoms with Crippen molar-refractivity contribution in [1.29, 1.82) is 0 Å². The number of likely N-dealkylation sites (tertiary alicyclic amines) is 1. The van der Waals surface area contributed by atoms with Gasteiger partial charge in [-0.3, -0.25) is 4.79 Å². The van der Waals surface area contributed by atoms with Crippen LogP contribution < -0.4 is 5.73 Å². The lowest BCUT2D eigenvalue weighted by molar-refractivity contribution is -0.130. The van der Waals surface area contributed by atoms with Crippen LogP contribution in [0.1, 0.15) is 52.4 Å². The van der Waals surface area contributed by atoms with Crippen molar-refractivity contribution in [1.82, 2.24) is 4.90 Å². The van der Waals surface area contributed by atoms with Crippen LogP contribution in [0.2, 0.25) is 0 Å². The lowest BCUT2D eigenvalue weighted by Crippen LogP contribution is -2.29. The van der Waals surface area contributed by atoms with E-state index in [1.165, 1.54) is 0 Å². The van der Waals surface area contributed by atoms with E-state index in [1.54, 1.807) is 0 Å². The van der Waals surface area contributed by atoms with Gasteiger partial charge in [-0.25, -0.2) is 0 Å². The molecule has 1 rings (SSSR count). The first-order valence-corrected chi connectivity index (χ1v) is 6.53. The number of unbranched alkanes of at least 4 members (excludes halogenated alkanes) is 3. The normalized spacial score (nSPS) is 19.1. The summed E-state index contributed by atoms with van der Waals surface area (Å²) in [5, 5.41) is 0. The zero-order chi connectivity index (χ0) is 12.0. The van der Waals surface area contributed by atoms with E-state index in [1.807, 2.05) is 4.90 Å². The third-order valence-corrected chi connectivity index (χ3v) is 3.37. The fourth-order valence-corrected chi connectivity index (χ4v) is 2.26. The summed E-state index contributed by atoms with van der Waals surface area (Å²) in [5.74, 6) is 0.346. The standard InChI is InChI=1S/C13H26N2O/c1-13(2)8-10-15(11-13)12(16)7-5-3-4-6-9-14/h3-11,14H2,1-2H3. The molecule has 0 aliphatic carbocycles. The van der Waals surface area contributed by atoms with Crippen molar-refractivity contribution < 1.29 is 4.79 Å². The summed E-state index contributed by atoms with van der Waals surface area (Å²) in [6, 6.07) is 0. The minimum atomic E-state index is 0.329. The van der Waals surface area contributed by atoms with Crippen LogP contribution in [0, 0.1) is 5.41 Å². The fourth-order valence-electron chi connectivity index (χ4n) is 2.26. The quantitative estimate of drug-likeness (QED) is 0.705. The van der Waals surface area contributed by atoms with Crippen molar-refractivity contribution in [2.75, 3.05) is 19.6 Å². The Morgan fingerprint density at radius 2 is 1.94 bits per heavy atom. The zero-order valence-corrected chi connectivity index (χ0v) is 10.8. The average Bonchev–Trinajstić information content (AvgIpc) is 2.58. The van der Waals surface area contributed by atoms with E-state index in [9.17, 15) is 4.79 Å². The number of nitrogens with two attached hydrogens (primary N) is 1. The Morgan fingerprint density at radius 3 is 2.50 bits per heavy atom. The molecule has 1 amide bonds. The van der Waals surface area contributed by atoms with Crippen LogP contribution in [-0.4, -0.2) is 30.4 Å². The number of amides is 1. The highest BCUT2D eigenvalue weighted by Crippen LogP contribution is 2.29. The van der Waals surface area contributed by atoms with Gasteiger partial charge in [-0.1, -0.05) is 26.7 Å². The molecule has 1 aliphatic heterocycles. The van der Waals surface area contributed by atoms with Gasteiger partial charge in [0.15, 0.2) is 0 Å². The van der Waals surface area contributed by atoms with Crippen LogP contribution in [0.25, 0.3) is 0 Å². The van der Waals surface area contributed by atoms with Gasteiger partial charge in [0.25, 0.3) is 0 Å². The van der Waals surface area contributed by atoms with E-state index in [4.69, 9.17) is 5.73 Å². The number of carbonyl (C=O) groups excluding carboxylic acids is 1. The molecular weight excluding hydrogens is 200 g/mol. The van der Waals surface area contributed by atoms with Crippen molar-refractivity contribution in [3.05, 3.63) is 0 Å². The van der Waals surface area contributed by atoms with Gasteiger partial charge < -0.3 is 10.6 Å². The summed E-state index contributed by atoms with van der Waals surface area (Å²) in [6.07, 6.45) is 6.28. The van der Waals surface area contributed by atoms with E-state index in [0.717, 1.165) is 58.2 Å². The third kappa shape index (κ3) is 4.52. The Bertz CT molecular complexity index is 226. The molecule has 1 heterocycles. The van der Waals surface area contributed by atoms with Crippen molar-refractivity contribution in [2.45, 2.75) is 52.4 Å². The second kappa shape index (κ2) is 6.24. The molecule has 16 heavy (non-hydrogen) atoms. The molecule has 1 saturated heterocycles. The number of hydrogen-bond donors (Lipinski definition) is 1. The van der Waals surface area contributed by atoms with Crippen LogP contribution in [0.15, 0.2) is 0 Å². The van der Waals surface area contributed by atoms with Gasteiger partial charge in [0.1, 0.15) is 0 Å². The smallest absolute Gasteiger partial charge is 0.222 e. The molecule has 0 aromatic rings. The minimum absolute atomic E-state index is 0.329. The molecule has 0 spiro atoms. The highest BCUT2D eigenvalue weighted by molar-refractivity contribution is 5.76. The maximum absolute atomic E-state index is 11.9. The first kappa shape index (κ1) is 13.5. The highest BCUT2D eigenvalue weighted by Gasteiger charge is 2.31. The second-order valence-corrected chi connectivity index (χ2v) is 5.68. The third-order valence-electron chi connectivity index (χ3n) is 3.37. The number of nitrogens with zero attached hydrogens (tertiary/aromatic N) is 1. The molecule has 0 atom stereocenters. The second-order valence-electron chi connectivity index (χ2n) is 5.68. The Hall–Kier alpha value is -0.570. The monoisotopic (exact) mass is 226 g/mol. The summed E-state index contributed by atoms with van der Waals surface area (Å²) in [4.78, 5) is 13.9. The summed E-state index contributed by atoms with van der Waals surface area (Å²) < 4.78 is 0. The van der Waals surface area contributed by atoms with Crippen LogP contribution in [0.3, 0.4) is 0 Å². The van der Waals surface area contributed by atoms with Gasteiger partial charge in [0.05, 0.1) is 0 Å². The highest BCUT2D eigenvalue weighted by atomic mass is 16.2. The maximum atomic E-state index is 11.9.